The molecule has 2 rings (SSSR count). The maximum absolute atomic E-state index is 13.5. The largest absolute Gasteiger partial charge is 0.495 e. The van der Waals surface area contributed by atoms with E-state index in [2.05, 4.69) is 5.32 Å². The Morgan fingerprint density at radius 3 is 2.29 bits per heavy atom. The average molecular weight is 510 g/mol. The SMILES string of the molecule is CCC(C)NC(=O)C(C)N(Cc1ccccc1Cl)C(=O)CN(c1ccccc1OC)S(C)(=O)=O. The van der Waals surface area contributed by atoms with Crippen LogP contribution in [0.15, 0.2) is 48.5 Å². The number of halogens is 1. The number of amides is 2. The predicted molar refractivity (Wildman–Crippen MR) is 135 cm³/mol. The summed E-state index contributed by atoms with van der Waals surface area (Å²) in [6, 6.07) is 12.6. The lowest BCUT2D eigenvalue weighted by atomic mass is 10.1. The summed E-state index contributed by atoms with van der Waals surface area (Å²) >= 11 is 6.32. The summed E-state index contributed by atoms with van der Waals surface area (Å²) in [6.45, 7) is 4.96. The van der Waals surface area contributed by atoms with E-state index in [1.165, 1.54) is 12.0 Å². The van der Waals surface area contributed by atoms with E-state index in [1.807, 2.05) is 13.8 Å². The molecule has 34 heavy (non-hydrogen) atoms. The minimum absolute atomic E-state index is 0.0388. The molecule has 0 aliphatic carbocycles. The van der Waals surface area contributed by atoms with E-state index in [-0.39, 0.29) is 24.2 Å². The fourth-order valence-electron chi connectivity index (χ4n) is 3.29. The van der Waals surface area contributed by atoms with Crippen LogP contribution >= 0.6 is 11.6 Å². The average Bonchev–Trinajstić information content (AvgIpc) is 2.80. The van der Waals surface area contributed by atoms with Crippen LogP contribution in [0, 0.1) is 0 Å². The summed E-state index contributed by atoms with van der Waals surface area (Å²) in [7, 11) is -2.43. The zero-order chi connectivity index (χ0) is 25.5. The van der Waals surface area contributed by atoms with Crippen molar-refractivity contribution in [3.05, 3.63) is 59.1 Å². The van der Waals surface area contributed by atoms with Gasteiger partial charge in [0.1, 0.15) is 18.3 Å². The van der Waals surface area contributed by atoms with Crippen molar-refractivity contribution in [3.8, 4) is 5.75 Å². The molecule has 2 aromatic carbocycles. The lowest BCUT2D eigenvalue weighted by Crippen LogP contribution is -2.52. The van der Waals surface area contributed by atoms with Crippen LogP contribution in [-0.2, 0) is 26.2 Å². The molecule has 0 aromatic heterocycles. The van der Waals surface area contributed by atoms with Gasteiger partial charge in [0.25, 0.3) is 0 Å². The molecule has 2 unspecified atom stereocenters. The molecule has 0 fully saturated rings. The number of anilines is 1. The normalized spacial score (nSPS) is 13.0. The molecule has 10 heteroatoms. The third-order valence-electron chi connectivity index (χ3n) is 5.50. The van der Waals surface area contributed by atoms with Gasteiger partial charge in [0, 0.05) is 17.6 Å². The van der Waals surface area contributed by atoms with Crippen molar-refractivity contribution in [3.63, 3.8) is 0 Å². The molecule has 0 bridgehead atoms. The Hall–Kier alpha value is -2.78. The smallest absolute Gasteiger partial charge is 0.244 e. The monoisotopic (exact) mass is 509 g/mol. The molecule has 2 atom stereocenters. The van der Waals surface area contributed by atoms with Crippen molar-refractivity contribution >= 4 is 39.1 Å². The van der Waals surface area contributed by atoms with E-state index < -0.39 is 28.5 Å². The van der Waals surface area contributed by atoms with Crippen molar-refractivity contribution in [2.75, 3.05) is 24.2 Å². The number of carbonyl (C=O) groups excluding carboxylic acids is 2. The Morgan fingerprint density at radius 1 is 1.09 bits per heavy atom. The van der Waals surface area contributed by atoms with E-state index in [0.717, 1.165) is 17.0 Å². The summed E-state index contributed by atoms with van der Waals surface area (Å²) in [5.74, 6) is -0.582. The first kappa shape index (κ1) is 27.5. The molecule has 186 valence electrons. The van der Waals surface area contributed by atoms with Crippen molar-refractivity contribution in [1.29, 1.82) is 0 Å². The third-order valence-corrected chi connectivity index (χ3v) is 7.00. The number of carbonyl (C=O) groups is 2. The second-order valence-corrected chi connectivity index (χ2v) is 10.4. The number of para-hydroxylation sites is 2. The van der Waals surface area contributed by atoms with Gasteiger partial charge in [0.05, 0.1) is 19.1 Å². The van der Waals surface area contributed by atoms with Gasteiger partial charge in [-0.05, 0) is 44.0 Å². The van der Waals surface area contributed by atoms with Gasteiger partial charge in [-0.3, -0.25) is 13.9 Å². The maximum Gasteiger partial charge on any atom is 0.244 e. The van der Waals surface area contributed by atoms with Gasteiger partial charge in [0.2, 0.25) is 21.8 Å². The Morgan fingerprint density at radius 2 is 1.71 bits per heavy atom. The highest BCUT2D eigenvalue weighted by atomic mass is 35.5. The highest BCUT2D eigenvalue weighted by Gasteiger charge is 2.31. The van der Waals surface area contributed by atoms with Gasteiger partial charge in [-0.25, -0.2) is 8.42 Å². The van der Waals surface area contributed by atoms with Gasteiger partial charge >= 0.3 is 0 Å². The minimum atomic E-state index is -3.85. The highest BCUT2D eigenvalue weighted by molar-refractivity contribution is 7.92. The second-order valence-electron chi connectivity index (χ2n) is 8.05. The zero-order valence-corrected chi connectivity index (χ0v) is 21.7. The van der Waals surface area contributed by atoms with Crippen LogP contribution in [0.1, 0.15) is 32.8 Å². The van der Waals surface area contributed by atoms with Crippen LogP contribution in [0.2, 0.25) is 5.02 Å². The predicted octanol–water partition coefficient (Wildman–Crippen LogP) is 3.45. The van der Waals surface area contributed by atoms with E-state index in [9.17, 15) is 18.0 Å². The summed E-state index contributed by atoms with van der Waals surface area (Å²) in [5.41, 5.74) is 0.874. The number of hydrogen-bond donors (Lipinski definition) is 1. The van der Waals surface area contributed by atoms with E-state index in [0.29, 0.717) is 16.3 Å². The van der Waals surface area contributed by atoms with Crippen LogP contribution < -0.4 is 14.4 Å². The number of methoxy groups -OCH3 is 1. The Kier molecular flexibility index (Phi) is 9.76. The van der Waals surface area contributed by atoms with Crippen LogP contribution in [0.3, 0.4) is 0 Å². The Bertz CT molecular complexity index is 1110. The summed E-state index contributed by atoms with van der Waals surface area (Å²) in [6.07, 6.45) is 1.75. The molecule has 0 radical (unpaired) electrons. The van der Waals surface area contributed by atoms with Gasteiger partial charge in [-0.2, -0.15) is 0 Å². The summed E-state index contributed by atoms with van der Waals surface area (Å²) < 4.78 is 31.6. The molecule has 2 aromatic rings. The van der Waals surface area contributed by atoms with E-state index in [4.69, 9.17) is 16.3 Å². The van der Waals surface area contributed by atoms with E-state index in [1.54, 1.807) is 55.5 Å². The van der Waals surface area contributed by atoms with Crippen molar-refractivity contribution < 1.29 is 22.7 Å². The molecular formula is C24H32ClN3O5S. The van der Waals surface area contributed by atoms with Crippen LogP contribution in [0.5, 0.6) is 5.75 Å². The highest BCUT2D eigenvalue weighted by Crippen LogP contribution is 2.30. The maximum atomic E-state index is 13.5. The molecule has 0 aliphatic rings. The number of nitrogens with one attached hydrogen (secondary N) is 1. The van der Waals surface area contributed by atoms with Gasteiger partial charge < -0.3 is 15.0 Å². The number of benzene rings is 2. The van der Waals surface area contributed by atoms with Crippen LogP contribution in [-0.4, -0.2) is 57.1 Å². The lowest BCUT2D eigenvalue weighted by molar-refractivity contribution is -0.139. The molecule has 1 N–H and O–H groups in total. The number of hydrogen-bond acceptors (Lipinski definition) is 5. The number of rotatable bonds is 11. The number of ether oxygens (including phenoxy) is 1. The number of sulfonamides is 1. The fourth-order valence-corrected chi connectivity index (χ4v) is 4.34. The van der Waals surface area contributed by atoms with E-state index >= 15 is 0 Å². The minimum Gasteiger partial charge on any atom is -0.495 e. The molecule has 0 saturated carbocycles. The molecule has 0 heterocycles. The van der Waals surface area contributed by atoms with Crippen molar-refractivity contribution in [2.24, 2.45) is 0 Å². The third kappa shape index (κ3) is 7.11. The zero-order valence-electron chi connectivity index (χ0n) is 20.1. The summed E-state index contributed by atoms with van der Waals surface area (Å²) in [5, 5.41) is 3.32. The quantitative estimate of drug-likeness (QED) is 0.500. The Labute approximate surface area is 206 Å². The molecular weight excluding hydrogens is 478 g/mol. The first-order valence-electron chi connectivity index (χ1n) is 10.9. The van der Waals surface area contributed by atoms with Gasteiger partial charge in [0.15, 0.2) is 0 Å². The Balaban J connectivity index is 2.44. The summed E-state index contributed by atoms with van der Waals surface area (Å²) in [4.78, 5) is 27.8. The molecule has 0 aliphatic heterocycles. The second kappa shape index (κ2) is 12.1. The van der Waals surface area contributed by atoms with Crippen LogP contribution in [0.25, 0.3) is 0 Å². The van der Waals surface area contributed by atoms with Crippen LogP contribution in [0.4, 0.5) is 5.69 Å². The van der Waals surface area contributed by atoms with Gasteiger partial charge in [-0.1, -0.05) is 48.9 Å². The standard InChI is InChI=1S/C24H32ClN3O5S/c1-6-17(2)26-24(30)18(3)27(15-19-11-7-8-12-20(19)25)23(29)16-28(34(5,31)32)21-13-9-10-14-22(21)33-4/h7-14,17-18H,6,15-16H2,1-5H3,(H,26,30). The number of nitrogens with zero attached hydrogens (tertiary/aromatic N) is 2. The van der Waals surface area contributed by atoms with Crippen molar-refractivity contribution in [2.45, 2.75) is 45.8 Å². The lowest BCUT2D eigenvalue weighted by Gasteiger charge is -2.32. The molecule has 8 nitrogen and oxygen atoms in total. The molecule has 2 amide bonds. The first-order valence-corrected chi connectivity index (χ1v) is 13.2. The topological polar surface area (TPSA) is 96.0 Å². The molecule has 0 saturated heterocycles. The molecule has 0 spiro atoms. The fraction of sp³-hybridized carbons (Fsp3) is 0.417. The van der Waals surface area contributed by atoms with Crippen molar-refractivity contribution in [1.82, 2.24) is 10.2 Å². The first-order chi connectivity index (χ1) is 16.0. The van der Waals surface area contributed by atoms with Gasteiger partial charge in [-0.15, -0.1) is 0 Å².